The van der Waals surface area contributed by atoms with Gasteiger partial charge in [0.15, 0.2) is 0 Å². The van der Waals surface area contributed by atoms with E-state index in [0.717, 1.165) is 30.7 Å². The lowest BCUT2D eigenvalue weighted by atomic mass is 9.74. The number of ether oxygens (including phenoxy) is 2. The number of carbonyl (C=O) groups excluding carboxylic acids is 1. The Hall–Kier alpha value is -2.69. The van der Waals surface area contributed by atoms with E-state index in [2.05, 4.69) is 29.6 Å². The maximum absolute atomic E-state index is 12.4. The lowest BCUT2D eigenvalue weighted by Gasteiger charge is -2.39. The lowest BCUT2D eigenvalue weighted by molar-refractivity contribution is 0.0172. The Kier molecular flexibility index (Phi) is 5.15. The van der Waals surface area contributed by atoms with Crippen molar-refractivity contribution in [2.75, 3.05) is 25.0 Å². The van der Waals surface area contributed by atoms with E-state index in [-0.39, 0.29) is 11.5 Å². The monoisotopic (exact) mass is 394 g/mol. The molecule has 1 fully saturated rings. The van der Waals surface area contributed by atoms with E-state index in [9.17, 15) is 4.79 Å². The van der Waals surface area contributed by atoms with Crippen molar-refractivity contribution >= 4 is 11.8 Å². The largest absolute Gasteiger partial charge is 0.489 e. The van der Waals surface area contributed by atoms with Crippen LogP contribution < -0.4 is 10.1 Å². The van der Waals surface area contributed by atoms with Crippen molar-refractivity contribution in [2.24, 2.45) is 0 Å². The molecule has 2 aromatic rings. The second-order valence-electron chi connectivity index (χ2n) is 9.08. The average molecular weight is 395 g/mol. The number of fused-ring (bicyclic) bond motifs is 2. The number of rotatable bonds is 3. The first kappa shape index (κ1) is 19.6. The number of piperidine rings is 1. The van der Waals surface area contributed by atoms with Gasteiger partial charge in [0, 0.05) is 30.7 Å². The summed E-state index contributed by atoms with van der Waals surface area (Å²) in [4.78, 5) is 14.2. The van der Waals surface area contributed by atoms with Crippen LogP contribution in [0.15, 0.2) is 48.5 Å². The number of benzene rings is 2. The van der Waals surface area contributed by atoms with E-state index < -0.39 is 5.60 Å². The Morgan fingerprint density at radius 1 is 1.10 bits per heavy atom. The zero-order valence-electron chi connectivity index (χ0n) is 17.5. The molecule has 0 atom stereocenters. The molecule has 1 N–H and O–H groups in total. The van der Waals surface area contributed by atoms with Gasteiger partial charge in [-0.2, -0.15) is 0 Å². The van der Waals surface area contributed by atoms with Crippen molar-refractivity contribution < 1.29 is 14.3 Å². The number of nitrogens with one attached hydrogen (secondary N) is 1. The van der Waals surface area contributed by atoms with Crippen molar-refractivity contribution in [1.29, 1.82) is 0 Å². The van der Waals surface area contributed by atoms with Gasteiger partial charge in [0.2, 0.25) is 0 Å². The summed E-state index contributed by atoms with van der Waals surface area (Å²) in [6.07, 6.45) is 1.64. The Bertz CT molecular complexity index is 865. The lowest BCUT2D eigenvalue weighted by Crippen LogP contribution is -2.47. The molecule has 2 aliphatic heterocycles. The molecule has 5 heteroatoms. The third kappa shape index (κ3) is 4.34. The van der Waals surface area contributed by atoms with Crippen LogP contribution in [0.25, 0.3) is 0 Å². The van der Waals surface area contributed by atoms with Gasteiger partial charge in [-0.15, -0.1) is 0 Å². The Morgan fingerprint density at radius 2 is 1.83 bits per heavy atom. The molecular weight excluding hydrogens is 364 g/mol. The highest BCUT2D eigenvalue weighted by Crippen LogP contribution is 2.45. The smallest absolute Gasteiger partial charge is 0.410 e. The van der Waals surface area contributed by atoms with Crippen LogP contribution in [-0.2, 0) is 16.8 Å². The van der Waals surface area contributed by atoms with E-state index in [0.29, 0.717) is 19.7 Å². The van der Waals surface area contributed by atoms with Crippen LogP contribution >= 0.6 is 0 Å². The number of anilines is 1. The van der Waals surface area contributed by atoms with Crippen LogP contribution in [0.4, 0.5) is 10.5 Å². The summed E-state index contributed by atoms with van der Waals surface area (Å²) in [5.74, 6) is 0.894. The van der Waals surface area contributed by atoms with E-state index >= 15 is 0 Å². The predicted octanol–water partition coefficient (Wildman–Crippen LogP) is 4.96. The molecule has 0 bridgehead atoms. The number of nitrogens with zero attached hydrogens (tertiary/aromatic N) is 1. The fraction of sp³-hybridized carbons (Fsp3) is 0.458. The number of likely N-dealkylation sites (tertiary alicyclic amines) is 1. The Labute approximate surface area is 173 Å². The highest BCUT2D eigenvalue weighted by molar-refractivity contribution is 5.69. The number of amides is 1. The molecule has 1 saturated heterocycles. The van der Waals surface area contributed by atoms with Crippen LogP contribution in [0.5, 0.6) is 5.75 Å². The highest BCUT2D eigenvalue weighted by Gasteiger charge is 2.43. The molecule has 5 nitrogen and oxygen atoms in total. The Morgan fingerprint density at radius 3 is 2.52 bits per heavy atom. The summed E-state index contributed by atoms with van der Waals surface area (Å²) >= 11 is 0. The molecule has 154 valence electrons. The third-order valence-electron chi connectivity index (χ3n) is 5.80. The number of hydrogen-bond acceptors (Lipinski definition) is 4. The number of hydrogen-bond donors (Lipinski definition) is 1. The van der Waals surface area contributed by atoms with Gasteiger partial charge in [-0.1, -0.05) is 30.3 Å². The molecule has 0 radical (unpaired) electrons. The first-order valence-corrected chi connectivity index (χ1v) is 10.4. The summed E-state index contributed by atoms with van der Waals surface area (Å²) < 4.78 is 11.6. The topological polar surface area (TPSA) is 50.8 Å². The van der Waals surface area contributed by atoms with Crippen LogP contribution in [0.1, 0.15) is 44.7 Å². The minimum atomic E-state index is -0.460. The molecule has 0 saturated carbocycles. The van der Waals surface area contributed by atoms with Gasteiger partial charge in [-0.3, -0.25) is 0 Å². The van der Waals surface area contributed by atoms with Crippen LogP contribution in [0.3, 0.4) is 0 Å². The summed E-state index contributed by atoms with van der Waals surface area (Å²) in [5.41, 5.74) is 3.25. The first-order chi connectivity index (χ1) is 13.8. The molecule has 1 spiro atoms. The minimum Gasteiger partial charge on any atom is -0.489 e. The van der Waals surface area contributed by atoms with Gasteiger partial charge in [0.05, 0.1) is 0 Å². The van der Waals surface area contributed by atoms with Crippen molar-refractivity contribution in [3.63, 3.8) is 0 Å². The molecule has 2 heterocycles. The molecule has 0 unspecified atom stereocenters. The molecule has 2 aromatic carbocycles. The minimum absolute atomic E-state index is 0.0555. The maximum Gasteiger partial charge on any atom is 0.410 e. The molecule has 0 aliphatic carbocycles. The molecule has 4 rings (SSSR count). The van der Waals surface area contributed by atoms with Crippen LogP contribution in [0, 0.1) is 0 Å². The van der Waals surface area contributed by atoms with Crippen molar-refractivity contribution in [2.45, 2.75) is 51.2 Å². The molecule has 29 heavy (non-hydrogen) atoms. The van der Waals surface area contributed by atoms with Crippen LogP contribution in [-0.4, -0.2) is 36.2 Å². The van der Waals surface area contributed by atoms with Gasteiger partial charge in [0.25, 0.3) is 0 Å². The summed E-state index contributed by atoms with van der Waals surface area (Å²) in [7, 11) is 0. The first-order valence-electron chi connectivity index (χ1n) is 10.4. The van der Waals surface area contributed by atoms with Crippen molar-refractivity contribution in [3.8, 4) is 5.75 Å². The van der Waals surface area contributed by atoms with Crippen molar-refractivity contribution in [3.05, 3.63) is 59.7 Å². The van der Waals surface area contributed by atoms with Gasteiger partial charge < -0.3 is 19.7 Å². The second kappa shape index (κ2) is 7.62. The molecule has 2 aliphatic rings. The number of carbonyl (C=O) groups is 1. The van der Waals surface area contributed by atoms with E-state index in [1.165, 1.54) is 11.3 Å². The Balaban J connectivity index is 1.43. The van der Waals surface area contributed by atoms with Crippen molar-refractivity contribution in [1.82, 2.24) is 4.90 Å². The van der Waals surface area contributed by atoms with Crippen LogP contribution in [0.2, 0.25) is 0 Å². The zero-order valence-corrected chi connectivity index (χ0v) is 17.5. The standard InChI is InChI=1S/C24H30N2O3/c1-23(2,3)29-22(27)26-13-11-24(12-14-26)17-25-21-10-9-19(15-20(21)24)28-16-18-7-5-4-6-8-18/h4-10,15,25H,11-14,16-17H2,1-3H3. The fourth-order valence-corrected chi connectivity index (χ4v) is 4.20. The average Bonchev–Trinajstić information content (AvgIpc) is 3.04. The van der Waals surface area contributed by atoms with Gasteiger partial charge >= 0.3 is 6.09 Å². The van der Waals surface area contributed by atoms with E-state index in [1.807, 2.05) is 49.9 Å². The van der Waals surface area contributed by atoms with Gasteiger partial charge in [-0.05, 0) is 62.9 Å². The molecular formula is C24H30N2O3. The maximum atomic E-state index is 12.4. The van der Waals surface area contributed by atoms with E-state index in [4.69, 9.17) is 9.47 Å². The highest BCUT2D eigenvalue weighted by atomic mass is 16.6. The van der Waals surface area contributed by atoms with Gasteiger partial charge in [0.1, 0.15) is 18.0 Å². The molecule has 1 amide bonds. The predicted molar refractivity (Wildman–Crippen MR) is 114 cm³/mol. The van der Waals surface area contributed by atoms with Gasteiger partial charge in [-0.25, -0.2) is 4.79 Å². The summed E-state index contributed by atoms with van der Waals surface area (Å²) in [5, 5.41) is 3.55. The fourth-order valence-electron chi connectivity index (χ4n) is 4.20. The van der Waals surface area contributed by atoms with E-state index in [1.54, 1.807) is 0 Å². The second-order valence-corrected chi connectivity index (χ2v) is 9.08. The third-order valence-corrected chi connectivity index (χ3v) is 5.80. The zero-order chi connectivity index (χ0) is 20.5. The SMILES string of the molecule is CC(C)(C)OC(=O)N1CCC2(CC1)CNc1ccc(OCc3ccccc3)cc12. The summed E-state index contributed by atoms with van der Waals surface area (Å²) in [6, 6.07) is 16.5. The normalized spacial score (nSPS) is 17.6. The molecule has 0 aromatic heterocycles. The quantitative estimate of drug-likeness (QED) is 0.799. The summed E-state index contributed by atoms with van der Waals surface area (Å²) in [6.45, 7) is 8.62.